The summed E-state index contributed by atoms with van der Waals surface area (Å²) >= 11 is 7.87. The number of carbonyl (C=O) groups excluding carboxylic acids is 1. The van der Waals surface area contributed by atoms with Crippen molar-refractivity contribution < 1.29 is 4.79 Å². The number of anilines is 1. The molecular formula is C12H8ClIN2O. The Morgan fingerprint density at radius 3 is 2.76 bits per heavy atom. The number of rotatable bonds is 2. The number of nitrogens with zero attached hydrogens (tertiary/aromatic N) is 1. The zero-order valence-electron chi connectivity index (χ0n) is 8.65. The summed E-state index contributed by atoms with van der Waals surface area (Å²) in [6.07, 6.45) is 1.55. The highest BCUT2D eigenvalue weighted by molar-refractivity contribution is 14.1. The Morgan fingerprint density at radius 2 is 2.06 bits per heavy atom. The first-order chi connectivity index (χ1) is 8.16. The fraction of sp³-hybridized carbons (Fsp3) is 0. The van der Waals surface area contributed by atoms with Gasteiger partial charge in [-0.3, -0.25) is 4.79 Å². The van der Waals surface area contributed by atoms with Crippen LogP contribution in [0.25, 0.3) is 0 Å². The molecule has 0 bridgehead atoms. The summed E-state index contributed by atoms with van der Waals surface area (Å²) in [5.74, 6) is -0.155. The van der Waals surface area contributed by atoms with Crippen LogP contribution in [0.15, 0.2) is 42.6 Å². The van der Waals surface area contributed by atoms with Crippen LogP contribution < -0.4 is 5.32 Å². The number of amides is 1. The van der Waals surface area contributed by atoms with E-state index < -0.39 is 0 Å². The first kappa shape index (κ1) is 12.3. The van der Waals surface area contributed by atoms with Gasteiger partial charge in [0.25, 0.3) is 5.91 Å². The number of aromatic nitrogens is 1. The van der Waals surface area contributed by atoms with Crippen molar-refractivity contribution in [2.24, 2.45) is 0 Å². The number of hydrogen-bond acceptors (Lipinski definition) is 2. The molecule has 0 saturated heterocycles. The molecule has 86 valence electrons. The maximum Gasteiger partial charge on any atom is 0.256 e. The molecule has 1 heterocycles. The van der Waals surface area contributed by atoms with Crippen LogP contribution in [0.4, 0.5) is 5.69 Å². The molecule has 0 radical (unpaired) electrons. The molecule has 17 heavy (non-hydrogen) atoms. The second-order valence-electron chi connectivity index (χ2n) is 3.30. The summed E-state index contributed by atoms with van der Waals surface area (Å²) in [4.78, 5) is 15.8. The molecule has 1 amide bonds. The standard InChI is InChI=1S/C12H8ClIN2O/c13-11-7-8(5-6-15-11)16-12(17)9-3-1-2-4-10(9)14/h1-7H,(H,15,16,17). The molecule has 0 fully saturated rings. The molecule has 0 unspecified atom stereocenters. The van der Waals surface area contributed by atoms with E-state index in [0.717, 1.165) is 3.57 Å². The number of pyridine rings is 1. The third-order valence-electron chi connectivity index (χ3n) is 2.10. The quantitative estimate of drug-likeness (QED) is 0.658. The Balaban J connectivity index is 2.20. The highest BCUT2D eigenvalue weighted by Crippen LogP contribution is 2.16. The van der Waals surface area contributed by atoms with Crippen molar-refractivity contribution >= 4 is 45.8 Å². The van der Waals surface area contributed by atoms with Crippen LogP contribution >= 0.6 is 34.2 Å². The minimum absolute atomic E-state index is 0.155. The van der Waals surface area contributed by atoms with E-state index in [1.165, 1.54) is 0 Å². The smallest absolute Gasteiger partial charge is 0.256 e. The molecule has 1 aromatic heterocycles. The average molecular weight is 359 g/mol. The van der Waals surface area contributed by atoms with Gasteiger partial charge in [0.05, 0.1) is 5.56 Å². The maximum atomic E-state index is 12.0. The Labute approximate surface area is 117 Å². The van der Waals surface area contributed by atoms with Crippen LogP contribution in [-0.2, 0) is 0 Å². The summed E-state index contributed by atoms with van der Waals surface area (Å²) in [5.41, 5.74) is 1.27. The molecular weight excluding hydrogens is 351 g/mol. The summed E-state index contributed by atoms with van der Waals surface area (Å²) < 4.78 is 0.905. The van der Waals surface area contributed by atoms with E-state index >= 15 is 0 Å². The minimum Gasteiger partial charge on any atom is -0.322 e. The van der Waals surface area contributed by atoms with Crippen LogP contribution in [0.3, 0.4) is 0 Å². The minimum atomic E-state index is -0.155. The lowest BCUT2D eigenvalue weighted by molar-refractivity contribution is 0.102. The number of nitrogens with one attached hydrogen (secondary N) is 1. The fourth-order valence-electron chi connectivity index (χ4n) is 1.32. The predicted octanol–water partition coefficient (Wildman–Crippen LogP) is 3.59. The Bertz CT molecular complexity index is 560. The van der Waals surface area contributed by atoms with Crippen molar-refractivity contribution in [2.75, 3.05) is 5.32 Å². The van der Waals surface area contributed by atoms with Crippen LogP contribution in [0, 0.1) is 3.57 Å². The summed E-state index contributed by atoms with van der Waals surface area (Å²) in [7, 11) is 0. The van der Waals surface area contributed by atoms with Gasteiger partial charge in [0.1, 0.15) is 5.15 Å². The van der Waals surface area contributed by atoms with E-state index in [1.807, 2.05) is 18.2 Å². The van der Waals surface area contributed by atoms with E-state index in [4.69, 9.17) is 11.6 Å². The second kappa shape index (κ2) is 5.46. The van der Waals surface area contributed by atoms with E-state index in [-0.39, 0.29) is 5.91 Å². The molecule has 1 aromatic carbocycles. The van der Waals surface area contributed by atoms with Gasteiger partial charge in [-0.2, -0.15) is 0 Å². The largest absolute Gasteiger partial charge is 0.322 e. The molecule has 0 atom stereocenters. The molecule has 0 spiro atoms. The molecule has 0 aliphatic carbocycles. The fourth-order valence-corrected chi connectivity index (χ4v) is 2.13. The van der Waals surface area contributed by atoms with Crippen LogP contribution in [0.1, 0.15) is 10.4 Å². The summed E-state index contributed by atoms with van der Waals surface area (Å²) in [6, 6.07) is 10.7. The highest BCUT2D eigenvalue weighted by Gasteiger charge is 2.09. The Hall–Kier alpha value is -1.14. The first-order valence-electron chi connectivity index (χ1n) is 4.84. The zero-order valence-corrected chi connectivity index (χ0v) is 11.6. The lowest BCUT2D eigenvalue weighted by atomic mass is 10.2. The molecule has 0 saturated carbocycles. The maximum absolute atomic E-state index is 12.0. The van der Waals surface area contributed by atoms with Crippen molar-refractivity contribution in [3.63, 3.8) is 0 Å². The molecule has 0 aliphatic rings. The topological polar surface area (TPSA) is 42.0 Å². The van der Waals surface area contributed by atoms with Gasteiger partial charge in [-0.15, -0.1) is 0 Å². The van der Waals surface area contributed by atoms with Crippen molar-refractivity contribution in [2.45, 2.75) is 0 Å². The van der Waals surface area contributed by atoms with E-state index in [9.17, 15) is 4.79 Å². The van der Waals surface area contributed by atoms with E-state index in [1.54, 1.807) is 24.4 Å². The number of carbonyl (C=O) groups is 1. The number of halogens is 2. The third-order valence-corrected chi connectivity index (χ3v) is 3.25. The van der Waals surface area contributed by atoms with Crippen LogP contribution in [-0.4, -0.2) is 10.9 Å². The second-order valence-corrected chi connectivity index (χ2v) is 4.85. The SMILES string of the molecule is O=C(Nc1ccnc(Cl)c1)c1ccccc1I. The van der Waals surface area contributed by atoms with Crippen molar-refractivity contribution in [1.82, 2.24) is 4.98 Å². The van der Waals surface area contributed by atoms with Gasteiger partial charge in [-0.25, -0.2) is 4.98 Å². The molecule has 1 N–H and O–H groups in total. The average Bonchev–Trinajstić information content (AvgIpc) is 2.29. The molecule has 2 rings (SSSR count). The summed E-state index contributed by atoms with van der Waals surface area (Å²) in [5, 5.41) is 3.12. The zero-order chi connectivity index (χ0) is 12.3. The molecule has 2 aromatic rings. The highest BCUT2D eigenvalue weighted by atomic mass is 127. The molecule has 0 aliphatic heterocycles. The van der Waals surface area contributed by atoms with Crippen LogP contribution in [0.5, 0.6) is 0 Å². The van der Waals surface area contributed by atoms with Crippen LogP contribution in [0.2, 0.25) is 5.15 Å². The predicted molar refractivity (Wildman–Crippen MR) is 76.4 cm³/mol. The van der Waals surface area contributed by atoms with Crippen molar-refractivity contribution in [3.8, 4) is 0 Å². The first-order valence-corrected chi connectivity index (χ1v) is 6.30. The number of hydrogen-bond donors (Lipinski definition) is 1. The molecule has 5 heteroatoms. The van der Waals surface area contributed by atoms with Gasteiger partial charge in [0.2, 0.25) is 0 Å². The Kier molecular flexibility index (Phi) is 3.96. The van der Waals surface area contributed by atoms with Gasteiger partial charge in [-0.1, -0.05) is 23.7 Å². The summed E-state index contributed by atoms with van der Waals surface area (Å²) in [6.45, 7) is 0. The van der Waals surface area contributed by atoms with Crippen molar-refractivity contribution in [1.29, 1.82) is 0 Å². The van der Waals surface area contributed by atoms with Gasteiger partial charge < -0.3 is 5.32 Å². The van der Waals surface area contributed by atoms with Gasteiger partial charge in [-0.05, 0) is 46.9 Å². The van der Waals surface area contributed by atoms with Gasteiger partial charge in [0, 0.05) is 15.5 Å². The van der Waals surface area contributed by atoms with Crippen molar-refractivity contribution in [3.05, 3.63) is 56.9 Å². The third kappa shape index (κ3) is 3.17. The van der Waals surface area contributed by atoms with Gasteiger partial charge >= 0.3 is 0 Å². The normalized spacial score (nSPS) is 10.0. The lowest BCUT2D eigenvalue weighted by Gasteiger charge is -2.06. The molecule has 3 nitrogen and oxygen atoms in total. The number of benzene rings is 1. The van der Waals surface area contributed by atoms with E-state index in [0.29, 0.717) is 16.4 Å². The lowest BCUT2D eigenvalue weighted by Crippen LogP contribution is -2.13. The van der Waals surface area contributed by atoms with E-state index in [2.05, 4.69) is 32.9 Å². The Morgan fingerprint density at radius 1 is 1.29 bits per heavy atom. The monoisotopic (exact) mass is 358 g/mol. The van der Waals surface area contributed by atoms with Gasteiger partial charge in [0.15, 0.2) is 0 Å².